The Morgan fingerprint density at radius 2 is 2.16 bits per heavy atom. The number of nitrogens with zero attached hydrogens (tertiary/aromatic N) is 3. The Morgan fingerprint density at radius 1 is 1.32 bits per heavy atom. The molecule has 2 aromatic rings. The first-order valence-electron chi connectivity index (χ1n) is 6.49. The number of hydrogen-bond donors (Lipinski definition) is 0. The maximum absolute atomic E-state index is 13.8. The summed E-state index contributed by atoms with van der Waals surface area (Å²) in [4.78, 5) is 4.40. The van der Waals surface area contributed by atoms with Crippen LogP contribution in [0.4, 0.5) is 4.39 Å². The minimum absolute atomic E-state index is 0.266. The molecule has 1 aliphatic rings. The van der Waals surface area contributed by atoms with E-state index in [1.54, 1.807) is 12.4 Å². The van der Waals surface area contributed by atoms with Crippen molar-refractivity contribution >= 4 is 0 Å². The van der Waals surface area contributed by atoms with E-state index in [1.165, 1.54) is 30.7 Å². The van der Waals surface area contributed by atoms with Crippen LogP contribution in [0.1, 0.15) is 35.4 Å². The number of benzene rings is 1. The number of hydrogen-bond acceptors (Lipinski definition) is 2. The molecule has 96 valence electrons. The van der Waals surface area contributed by atoms with Gasteiger partial charge < -0.3 is 4.57 Å². The fraction of sp³-hybridized carbons (Fsp3) is 0.333. The molecule has 0 saturated heterocycles. The SMILES string of the molecule is N#Cc1ccc(F)c(Cn2cnc3c2CCCC3)c1. The van der Waals surface area contributed by atoms with Gasteiger partial charge in [-0.05, 0) is 43.9 Å². The van der Waals surface area contributed by atoms with Gasteiger partial charge in [-0.3, -0.25) is 0 Å². The molecule has 3 rings (SSSR count). The number of nitriles is 1. The molecule has 0 radical (unpaired) electrons. The quantitative estimate of drug-likeness (QED) is 0.828. The van der Waals surface area contributed by atoms with Gasteiger partial charge in [-0.25, -0.2) is 9.37 Å². The van der Waals surface area contributed by atoms with E-state index in [0.29, 0.717) is 17.7 Å². The van der Waals surface area contributed by atoms with Gasteiger partial charge in [0.1, 0.15) is 5.82 Å². The molecular formula is C15H14FN3. The summed E-state index contributed by atoms with van der Waals surface area (Å²) in [5.41, 5.74) is 3.39. The van der Waals surface area contributed by atoms with Crippen molar-refractivity contribution in [2.75, 3.05) is 0 Å². The van der Waals surface area contributed by atoms with Gasteiger partial charge >= 0.3 is 0 Å². The van der Waals surface area contributed by atoms with Crippen LogP contribution >= 0.6 is 0 Å². The van der Waals surface area contributed by atoms with E-state index >= 15 is 0 Å². The molecule has 0 atom stereocenters. The van der Waals surface area contributed by atoms with Crippen molar-refractivity contribution in [3.05, 3.63) is 52.9 Å². The topological polar surface area (TPSA) is 41.6 Å². The Bertz CT molecular complexity index is 652. The second kappa shape index (κ2) is 4.85. The van der Waals surface area contributed by atoms with Crippen molar-refractivity contribution in [2.24, 2.45) is 0 Å². The van der Waals surface area contributed by atoms with Crippen LogP contribution < -0.4 is 0 Å². The summed E-state index contributed by atoms with van der Waals surface area (Å²) < 4.78 is 15.8. The second-order valence-electron chi connectivity index (χ2n) is 4.89. The molecule has 4 heteroatoms. The van der Waals surface area contributed by atoms with E-state index in [4.69, 9.17) is 5.26 Å². The lowest BCUT2D eigenvalue weighted by Crippen LogP contribution is -2.10. The summed E-state index contributed by atoms with van der Waals surface area (Å²) in [7, 11) is 0. The highest BCUT2D eigenvalue weighted by atomic mass is 19.1. The molecule has 0 amide bonds. The maximum atomic E-state index is 13.8. The Balaban J connectivity index is 1.93. The first kappa shape index (κ1) is 11.9. The highest BCUT2D eigenvalue weighted by Crippen LogP contribution is 2.21. The number of imidazole rings is 1. The van der Waals surface area contributed by atoms with Gasteiger partial charge in [0, 0.05) is 11.3 Å². The summed E-state index contributed by atoms with van der Waals surface area (Å²) in [6, 6.07) is 6.52. The monoisotopic (exact) mass is 255 g/mol. The van der Waals surface area contributed by atoms with Gasteiger partial charge in [0.05, 0.1) is 30.2 Å². The predicted octanol–water partition coefficient (Wildman–Crippen LogP) is 2.82. The zero-order valence-corrected chi connectivity index (χ0v) is 10.6. The van der Waals surface area contributed by atoms with E-state index in [0.717, 1.165) is 18.5 Å². The van der Waals surface area contributed by atoms with Crippen LogP contribution in [0.2, 0.25) is 0 Å². The van der Waals surface area contributed by atoms with Crippen LogP contribution in [-0.4, -0.2) is 9.55 Å². The first-order chi connectivity index (χ1) is 9.28. The molecule has 1 aliphatic carbocycles. The first-order valence-corrected chi connectivity index (χ1v) is 6.49. The molecule has 1 aromatic heterocycles. The van der Waals surface area contributed by atoms with Gasteiger partial charge in [0.2, 0.25) is 0 Å². The Hall–Kier alpha value is -2.15. The molecule has 0 N–H and O–H groups in total. The normalized spacial score (nSPS) is 13.9. The van der Waals surface area contributed by atoms with Crippen LogP contribution in [-0.2, 0) is 19.4 Å². The maximum Gasteiger partial charge on any atom is 0.128 e. The van der Waals surface area contributed by atoms with Crippen molar-refractivity contribution in [2.45, 2.75) is 32.2 Å². The van der Waals surface area contributed by atoms with Crippen LogP contribution in [0.15, 0.2) is 24.5 Å². The lowest BCUT2D eigenvalue weighted by atomic mass is 10.0. The Kier molecular flexibility index (Phi) is 3.04. The summed E-state index contributed by atoms with van der Waals surface area (Å²) in [6.07, 6.45) is 6.16. The van der Waals surface area contributed by atoms with Gasteiger partial charge in [-0.15, -0.1) is 0 Å². The highest BCUT2D eigenvalue weighted by Gasteiger charge is 2.16. The van der Waals surface area contributed by atoms with E-state index in [-0.39, 0.29) is 5.82 Å². The van der Waals surface area contributed by atoms with E-state index < -0.39 is 0 Å². The van der Waals surface area contributed by atoms with Crippen molar-refractivity contribution < 1.29 is 4.39 Å². The number of rotatable bonds is 2. The lowest BCUT2D eigenvalue weighted by Gasteiger charge is -2.14. The van der Waals surface area contributed by atoms with Crippen LogP contribution in [0.25, 0.3) is 0 Å². The molecule has 0 bridgehead atoms. The molecule has 1 heterocycles. The molecule has 0 spiro atoms. The summed E-state index contributed by atoms with van der Waals surface area (Å²) in [5.74, 6) is -0.266. The number of aromatic nitrogens is 2. The molecule has 0 unspecified atom stereocenters. The van der Waals surface area contributed by atoms with E-state index in [9.17, 15) is 4.39 Å². The van der Waals surface area contributed by atoms with Gasteiger partial charge in [-0.1, -0.05) is 0 Å². The summed E-state index contributed by atoms with van der Waals surface area (Å²) in [5, 5.41) is 8.88. The predicted molar refractivity (Wildman–Crippen MR) is 69.1 cm³/mol. The minimum atomic E-state index is -0.266. The Labute approximate surface area is 111 Å². The third kappa shape index (κ3) is 2.24. The standard InChI is InChI=1S/C15H14FN3/c16-13-6-5-11(8-17)7-12(13)9-19-10-18-14-3-1-2-4-15(14)19/h5-7,10H,1-4,9H2. The second-order valence-corrected chi connectivity index (χ2v) is 4.89. The van der Waals surface area contributed by atoms with Crippen LogP contribution in [0, 0.1) is 17.1 Å². The van der Waals surface area contributed by atoms with Gasteiger partial charge in [0.25, 0.3) is 0 Å². The van der Waals surface area contributed by atoms with Crippen molar-refractivity contribution in [1.82, 2.24) is 9.55 Å². The van der Waals surface area contributed by atoms with Crippen LogP contribution in [0.3, 0.4) is 0 Å². The molecule has 1 aromatic carbocycles. The van der Waals surface area contributed by atoms with E-state index in [2.05, 4.69) is 4.98 Å². The molecule has 19 heavy (non-hydrogen) atoms. The van der Waals surface area contributed by atoms with E-state index in [1.807, 2.05) is 10.6 Å². The summed E-state index contributed by atoms with van der Waals surface area (Å²) in [6.45, 7) is 0.448. The third-order valence-electron chi connectivity index (χ3n) is 3.63. The van der Waals surface area contributed by atoms with Crippen molar-refractivity contribution in [1.29, 1.82) is 5.26 Å². The molecule has 3 nitrogen and oxygen atoms in total. The highest BCUT2D eigenvalue weighted by molar-refractivity contribution is 5.34. The van der Waals surface area contributed by atoms with Crippen molar-refractivity contribution in [3.8, 4) is 6.07 Å². The lowest BCUT2D eigenvalue weighted by molar-refractivity contribution is 0.585. The third-order valence-corrected chi connectivity index (χ3v) is 3.63. The fourth-order valence-electron chi connectivity index (χ4n) is 2.62. The van der Waals surface area contributed by atoms with Crippen LogP contribution in [0.5, 0.6) is 0 Å². The molecule has 0 saturated carbocycles. The smallest absolute Gasteiger partial charge is 0.128 e. The zero-order valence-electron chi connectivity index (χ0n) is 10.6. The molecular weight excluding hydrogens is 241 g/mol. The average Bonchev–Trinajstić information content (AvgIpc) is 2.85. The van der Waals surface area contributed by atoms with Gasteiger partial charge in [0.15, 0.2) is 0 Å². The fourth-order valence-corrected chi connectivity index (χ4v) is 2.62. The van der Waals surface area contributed by atoms with Crippen molar-refractivity contribution in [3.63, 3.8) is 0 Å². The summed E-state index contributed by atoms with van der Waals surface area (Å²) >= 11 is 0. The number of halogens is 1. The largest absolute Gasteiger partial charge is 0.330 e. The molecule has 0 aliphatic heterocycles. The average molecular weight is 255 g/mol. The van der Waals surface area contributed by atoms with Gasteiger partial charge in [-0.2, -0.15) is 5.26 Å². The number of aryl methyl sites for hydroxylation is 1. The minimum Gasteiger partial charge on any atom is -0.330 e. The Morgan fingerprint density at radius 3 is 3.00 bits per heavy atom. The molecule has 0 fully saturated rings. The zero-order chi connectivity index (χ0) is 13.2. The number of fused-ring (bicyclic) bond motifs is 1.